The molecule has 112 valence electrons. The molecular formula is C18H25N3. The summed E-state index contributed by atoms with van der Waals surface area (Å²) in [5.74, 6) is 0.772. The molecule has 1 N–H and O–H groups in total. The number of imidazole rings is 1. The van der Waals surface area contributed by atoms with E-state index < -0.39 is 0 Å². The second-order valence-electron chi connectivity index (χ2n) is 6.24. The first kappa shape index (κ1) is 14.3. The zero-order valence-corrected chi connectivity index (χ0v) is 12.8. The fourth-order valence-electron chi connectivity index (χ4n) is 3.13. The first-order valence-electron chi connectivity index (χ1n) is 8.07. The molecule has 1 heterocycles. The van der Waals surface area contributed by atoms with E-state index in [-0.39, 0.29) is 0 Å². The van der Waals surface area contributed by atoms with Gasteiger partial charge in [-0.05, 0) is 50.6 Å². The lowest BCUT2D eigenvalue weighted by Crippen LogP contribution is -2.40. The molecule has 0 spiro atoms. The lowest BCUT2D eigenvalue weighted by Gasteiger charge is -2.36. The van der Waals surface area contributed by atoms with Gasteiger partial charge in [0.2, 0.25) is 0 Å². The third-order valence-corrected chi connectivity index (χ3v) is 4.49. The third kappa shape index (κ3) is 3.94. The maximum absolute atomic E-state index is 4.06. The molecule has 0 saturated heterocycles. The Morgan fingerprint density at radius 1 is 1.29 bits per heavy atom. The summed E-state index contributed by atoms with van der Waals surface area (Å²) in [7, 11) is 0. The van der Waals surface area contributed by atoms with E-state index in [0.717, 1.165) is 25.0 Å². The largest absolute Gasteiger partial charge is 0.337 e. The van der Waals surface area contributed by atoms with Crippen LogP contribution in [0.5, 0.6) is 0 Å². The maximum Gasteiger partial charge on any atom is 0.0945 e. The van der Waals surface area contributed by atoms with Crippen LogP contribution < -0.4 is 5.32 Å². The van der Waals surface area contributed by atoms with Crippen molar-refractivity contribution in [3.05, 3.63) is 54.1 Å². The zero-order valence-electron chi connectivity index (χ0n) is 12.8. The molecule has 1 fully saturated rings. The van der Waals surface area contributed by atoms with Crippen molar-refractivity contribution in [3.63, 3.8) is 0 Å². The van der Waals surface area contributed by atoms with Crippen LogP contribution in [-0.4, -0.2) is 22.1 Å². The SMILES string of the molecule is Cc1cccc(C2CC(NCCCCn3ccnc3)C2)c1. The molecule has 0 bridgehead atoms. The number of hydrogen-bond donors (Lipinski definition) is 1. The zero-order chi connectivity index (χ0) is 14.5. The van der Waals surface area contributed by atoms with E-state index in [2.05, 4.69) is 46.1 Å². The standard InChI is InChI=1S/C18H25N3/c1-15-5-4-6-16(11-15)17-12-18(13-17)20-7-2-3-9-21-10-8-19-14-21/h4-6,8,10-11,14,17-18,20H,2-3,7,9,12-13H2,1H3. The van der Waals surface area contributed by atoms with Crippen LogP contribution in [0.15, 0.2) is 43.0 Å². The smallest absolute Gasteiger partial charge is 0.0945 e. The summed E-state index contributed by atoms with van der Waals surface area (Å²) in [6.07, 6.45) is 10.8. The molecule has 3 heteroatoms. The van der Waals surface area contributed by atoms with Crippen molar-refractivity contribution in [1.82, 2.24) is 14.9 Å². The highest BCUT2D eigenvalue weighted by atomic mass is 15.0. The minimum Gasteiger partial charge on any atom is -0.337 e. The fourth-order valence-corrected chi connectivity index (χ4v) is 3.13. The van der Waals surface area contributed by atoms with E-state index >= 15 is 0 Å². The highest BCUT2D eigenvalue weighted by Gasteiger charge is 2.29. The predicted octanol–water partition coefficient (Wildman–Crippen LogP) is 3.51. The Bertz CT molecular complexity index is 541. The van der Waals surface area contributed by atoms with Gasteiger partial charge in [0.05, 0.1) is 6.33 Å². The van der Waals surface area contributed by atoms with Crippen molar-refractivity contribution in [2.75, 3.05) is 6.54 Å². The van der Waals surface area contributed by atoms with E-state index in [0.29, 0.717) is 0 Å². The van der Waals surface area contributed by atoms with E-state index in [1.807, 2.05) is 18.7 Å². The first-order valence-corrected chi connectivity index (χ1v) is 8.07. The van der Waals surface area contributed by atoms with Crippen LogP contribution in [0.4, 0.5) is 0 Å². The minimum atomic E-state index is 0.726. The number of rotatable bonds is 7. The Balaban J connectivity index is 1.29. The van der Waals surface area contributed by atoms with E-state index in [1.165, 1.54) is 36.8 Å². The molecule has 3 nitrogen and oxygen atoms in total. The van der Waals surface area contributed by atoms with Crippen molar-refractivity contribution in [1.29, 1.82) is 0 Å². The van der Waals surface area contributed by atoms with E-state index in [1.54, 1.807) is 0 Å². The van der Waals surface area contributed by atoms with Crippen LogP contribution in [0.1, 0.15) is 42.7 Å². The molecule has 3 rings (SSSR count). The van der Waals surface area contributed by atoms with Gasteiger partial charge in [-0.1, -0.05) is 29.8 Å². The molecule has 0 amide bonds. The summed E-state index contributed by atoms with van der Waals surface area (Å²) >= 11 is 0. The Morgan fingerprint density at radius 3 is 2.95 bits per heavy atom. The Hall–Kier alpha value is -1.61. The number of benzene rings is 1. The average Bonchev–Trinajstić information content (AvgIpc) is 2.93. The lowest BCUT2D eigenvalue weighted by atomic mass is 9.75. The number of aryl methyl sites for hydroxylation is 2. The van der Waals surface area contributed by atoms with Gasteiger partial charge in [0.1, 0.15) is 0 Å². The topological polar surface area (TPSA) is 29.9 Å². The van der Waals surface area contributed by atoms with Crippen molar-refractivity contribution >= 4 is 0 Å². The second-order valence-corrected chi connectivity index (χ2v) is 6.24. The summed E-state index contributed by atoms with van der Waals surface area (Å²) in [6, 6.07) is 9.70. The van der Waals surface area contributed by atoms with Crippen LogP contribution in [0.2, 0.25) is 0 Å². The van der Waals surface area contributed by atoms with Crippen molar-refractivity contribution < 1.29 is 0 Å². The molecular weight excluding hydrogens is 258 g/mol. The molecule has 1 aliphatic carbocycles. The summed E-state index contributed by atoms with van der Waals surface area (Å²) in [6.45, 7) is 4.40. The Morgan fingerprint density at radius 2 is 2.19 bits per heavy atom. The number of aromatic nitrogens is 2. The van der Waals surface area contributed by atoms with Gasteiger partial charge in [0.15, 0.2) is 0 Å². The summed E-state index contributed by atoms with van der Waals surface area (Å²) in [5.41, 5.74) is 2.90. The van der Waals surface area contributed by atoms with E-state index in [9.17, 15) is 0 Å². The van der Waals surface area contributed by atoms with Crippen molar-refractivity contribution in [2.24, 2.45) is 0 Å². The molecule has 1 saturated carbocycles. The number of hydrogen-bond acceptors (Lipinski definition) is 2. The van der Waals surface area contributed by atoms with Gasteiger partial charge >= 0.3 is 0 Å². The Kier molecular flexibility index (Phi) is 4.71. The molecule has 1 aromatic carbocycles. The fraction of sp³-hybridized carbons (Fsp3) is 0.500. The molecule has 21 heavy (non-hydrogen) atoms. The quantitative estimate of drug-likeness (QED) is 0.788. The van der Waals surface area contributed by atoms with Gasteiger partial charge in [0, 0.05) is 25.0 Å². The first-order chi connectivity index (χ1) is 10.3. The average molecular weight is 283 g/mol. The van der Waals surface area contributed by atoms with Crippen molar-refractivity contribution in [3.8, 4) is 0 Å². The highest BCUT2D eigenvalue weighted by molar-refractivity contribution is 5.27. The monoisotopic (exact) mass is 283 g/mol. The number of nitrogens with one attached hydrogen (secondary N) is 1. The number of unbranched alkanes of at least 4 members (excludes halogenated alkanes) is 1. The van der Waals surface area contributed by atoms with Gasteiger partial charge in [-0.2, -0.15) is 0 Å². The molecule has 2 aromatic rings. The summed E-state index contributed by atoms with van der Waals surface area (Å²) in [4.78, 5) is 4.06. The molecule has 0 radical (unpaired) electrons. The minimum absolute atomic E-state index is 0.726. The van der Waals surface area contributed by atoms with Gasteiger partial charge in [-0.3, -0.25) is 0 Å². The number of nitrogens with zero attached hydrogens (tertiary/aromatic N) is 2. The lowest BCUT2D eigenvalue weighted by molar-refractivity contribution is 0.289. The van der Waals surface area contributed by atoms with Gasteiger partial charge in [-0.15, -0.1) is 0 Å². The van der Waals surface area contributed by atoms with Crippen LogP contribution >= 0.6 is 0 Å². The van der Waals surface area contributed by atoms with E-state index in [4.69, 9.17) is 0 Å². The van der Waals surface area contributed by atoms with Gasteiger partial charge in [-0.25, -0.2) is 4.98 Å². The molecule has 0 aliphatic heterocycles. The molecule has 1 aliphatic rings. The Labute approximate surface area is 127 Å². The van der Waals surface area contributed by atoms with Gasteiger partial charge < -0.3 is 9.88 Å². The predicted molar refractivity (Wildman–Crippen MR) is 86.4 cm³/mol. The summed E-state index contributed by atoms with van der Waals surface area (Å²) in [5, 5.41) is 3.69. The normalized spacial score (nSPS) is 21.2. The van der Waals surface area contributed by atoms with Crippen LogP contribution in [0, 0.1) is 6.92 Å². The van der Waals surface area contributed by atoms with Crippen LogP contribution in [0.25, 0.3) is 0 Å². The van der Waals surface area contributed by atoms with Crippen LogP contribution in [0.3, 0.4) is 0 Å². The molecule has 0 atom stereocenters. The van der Waals surface area contributed by atoms with Crippen LogP contribution in [-0.2, 0) is 6.54 Å². The third-order valence-electron chi connectivity index (χ3n) is 4.49. The molecule has 0 unspecified atom stereocenters. The molecule has 1 aromatic heterocycles. The second kappa shape index (κ2) is 6.90. The van der Waals surface area contributed by atoms with Crippen molar-refractivity contribution in [2.45, 2.75) is 51.1 Å². The highest BCUT2D eigenvalue weighted by Crippen LogP contribution is 2.36. The summed E-state index contributed by atoms with van der Waals surface area (Å²) < 4.78 is 2.15. The maximum atomic E-state index is 4.06. The van der Waals surface area contributed by atoms with Gasteiger partial charge in [0.25, 0.3) is 0 Å².